The average molecular weight is 280 g/mol. The second-order valence-corrected chi connectivity index (χ2v) is 6.44. The Hall–Kier alpha value is -1.80. The highest BCUT2D eigenvalue weighted by Gasteiger charge is 2.20. The average Bonchev–Trinajstić information content (AvgIpc) is 2.28. The van der Waals surface area contributed by atoms with E-state index in [0.29, 0.717) is 24.0 Å². The molecule has 0 heterocycles. The smallest absolute Gasteiger partial charge is 0.335 e. The third-order valence-electron chi connectivity index (χ3n) is 2.82. The molecule has 5 heteroatoms. The minimum absolute atomic E-state index is 0.0149. The zero-order chi connectivity index (χ0) is 14.6. The highest BCUT2D eigenvalue weighted by atomic mass is 32.2. The zero-order valence-electron chi connectivity index (χ0n) is 10.9. The molecule has 1 aromatic carbocycles. The number of rotatable bonds is 5. The van der Waals surface area contributed by atoms with Crippen LogP contribution in [-0.2, 0) is 9.84 Å². The van der Waals surface area contributed by atoms with Crippen LogP contribution >= 0.6 is 0 Å². The maximum absolute atomic E-state index is 12.2. The molecule has 0 unspecified atom stereocenters. The second kappa shape index (κ2) is 5.89. The van der Waals surface area contributed by atoms with E-state index >= 15 is 0 Å². The van der Waals surface area contributed by atoms with Crippen molar-refractivity contribution >= 4 is 15.8 Å². The summed E-state index contributed by atoms with van der Waals surface area (Å²) in [5, 5.41) is 9.04. The molecule has 1 rings (SSSR count). The van der Waals surface area contributed by atoms with Gasteiger partial charge in [0.15, 0.2) is 9.84 Å². The van der Waals surface area contributed by atoms with Gasteiger partial charge in [-0.15, -0.1) is 12.3 Å². The van der Waals surface area contributed by atoms with Gasteiger partial charge in [0.1, 0.15) is 0 Å². The first-order valence-electron chi connectivity index (χ1n) is 5.80. The number of carboxylic acid groups (broad SMARTS) is 1. The normalized spacial score (nSPS) is 11.0. The summed E-state index contributed by atoms with van der Waals surface area (Å²) in [7, 11) is -3.49. The van der Waals surface area contributed by atoms with Crippen molar-refractivity contribution in [3.63, 3.8) is 0 Å². The second-order valence-electron chi connectivity index (χ2n) is 4.36. The lowest BCUT2D eigenvalue weighted by molar-refractivity contribution is 0.0696. The van der Waals surface area contributed by atoms with Crippen LogP contribution < -0.4 is 0 Å². The summed E-state index contributed by atoms with van der Waals surface area (Å²) in [6.45, 7) is 3.30. The Morgan fingerprint density at radius 3 is 2.47 bits per heavy atom. The summed E-state index contributed by atoms with van der Waals surface area (Å²) >= 11 is 0. The van der Waals surface area contributed by atoms with E-state index < -0.39 is 15.8 Å². The van der Waals surface area contributed by atoms with Crippen molar-refractivity contribution in [2.24, 2.45) is 0 Å². The molecule has 0 saturated carbocycles. The van der Waals surface area contributed by atoms with Gasteiger partial charge in [0, 0.05) is 6.42 Å². The molecule has 0 bridgehead atoms. The maximum Gasteiger partial charge on any atom is 0.335 e. The number of hydrogen-bond donors (Lipinski definition) is 1. The van der Waals surface area contributed by atoms with E-state index in [0.717, 1.165) is 0 Å². The monoisotopic (exact) mass is 280 g/mol. The SMILES string of the molecule is C#CCCCS(=O)(=O)c1cc(C(=O)O)c(C)cc1C. The van der Waals surface area contributed by atoms with E-state index in [-0.39, 0.29) is 16.2 Å². The topological polar surface area (TPSA) is 71.4 Å². The highest BCUT2D eigenvalue weighted by molar-refractivity contribution is 7.91. The zero-order valence-corrected chi connectivity index (χ0v) is 11.8. The molecule has 19 heavy (non-hydrogen) atoms. The predicted octanol–water partition coefficient (Wildman–Crippen LogP) is 2.19. The van der Waals surface area contributed by atoms with Gasteiger partial charge in [0.2, 0.25) is 0 Å². The van der Waals surface area contributed by atoms with Crippen LogP contribution in [0.25, 0.3) is 0 Å². The number of unbranched alkanes of at least 4 members (excludes halogenated alkanes) is 1. The number of carboxylic acids is 1. The standard InChI is InChI=1S/C14H16O4S/c1-4-5-6-7-19(17,18)13-9-12(14(15)16)10(2)8-11(13)3/h1,8-9H,5-7H2,2-3H3,(H,15,16). The van der Waals surface area contributed by atoms with Crippen LogP contribution in [0.4, 0.5) is 0 Å². The molecule has 1 aromatic rings. The predicted molar refractivity (Wildman–Crippen MR) is 73.0 cm³/mol. The fraction of sp³-hybridized carbons (Fsp3) is 0.357. The molecule has 0 amide bonds. The van der Waals surface area contributed by atoms with Gasteiger partial charge in [0.05, 0.1) is 16.2 Å². The maximum atomic E-state index is 12.2. The lowest BCUT2D eigenvalue weighted by Gasteiger charge is -2.10. The third-order valence-corrected chi connectivity index (χ3v) is 4.76. The molecule has 4 nitrogen and oxygen atoms in total. The Labute approximate surface area is 113 Å². The van der Waals surface area contributed by atoms with Gasteiger partial charge in [-0.3, -0.25) is 0 Å². The van der Waals surface area contributed by atoms with Crippen LogP contribution in [0.1, 0.15) is 34.3 Å². The molecule has 102 valence electrons. The molecule has 0 aliphatic heterocycles. The summed E-state index contributed by atoms with van der Waals surface area (Å²) in [4.78, 5) is 11.1. The van der Waals surface area contributed by atoms with Crippen LogP contribution in [0.15, 0.2) is 17.0 Å². The first kappa shape index (κ1) is 15.3. The lowest BCUT2D eigenvalue weighted by atomic mass is 10.1. The quantitative estimate of drug-likeness (QED) is 0.663. The van der Waals surface area contributed by atoms with E-state index in [4.69, 9.17) is 11.5 Å². The number of benzene rings is 1. The summed E-state index contributed by atoms with van der Waals surface area (Å²) in [6, 6.07) is 2.82. The molecule has 1 N–H and O–H groups in total. The highest BCUT2D eigenvalue weighted by Crippen LogP contribution is 2.22. The van der Waals surface area contributed by atoms with Gasteiger partial charge in [-0.2, -0.15) is 0 Å². The molecule has 0 aromatic heterocycles. The van der Waals surface area contributed by atoms with E-state index in [1.807, 2.05) is 0 Å². The van der Waals surface area contributed by atoms with E-state index in [9.17, 15) is 13.2 Å². The number of terminal acetylenes is 1. The van der Waals surface area contributed by atoms with Crippen molar-refractivity contribution in [3.8, 4) is 12.3 Å². The van der Waals surface area contributed by atoms with Crippen LogP contribution in [0.3, 0.4) is 0 Å². The summed E-state index contributed by atoms with van der Waals surface area (Å²) in [5.41, 5.74) is 1.12. The van der Waals surface area contributed by atoms with Crippen molar-refractivity contribution < 1.29 is 18.3 Å². The molecular formula is C14H16O4S. The van der Waals surface area contributed by atoms with Gasteiger partial charge in [-0.05, 0) is 37.5 Å². The van der Waals surface area contributed by atoms with E-state index in [1.165, 1.54) is 6.07 Å². The Morgan fingerprint density at radius 1 is 1.32 bits per heavy atom. The fourth-order valence-corrected chi connectivity index (χ4v) is 3.46. The largest absolute Gasteiger partial charge is 0.478 e. The van der Waals surface area contributed by atoms with Crippen LogP contribution in [0.2, 0.25) is 0 Å². The first-order chi connectivity index (χ1) is 8.79. The molecule has 0 atom stereocenters. The van der Waals surface area contributed by atoms with Crippen LogP contribution in [0, 0.1) is 26.2 Å². The lowest BCUT2D eigenvalue weighted by Crippen LogP contribution is -2.11. The van der Waals surface area contributed by atoms with Gasteiger partial charge in [-0.1, -0.05) is 6.07 Å². The summed E-state index contributed by atoms with van der Waals surface area (Å²) < 4.78 is 24.3. The van der Waals surface area contributed by atoms with Crippen molar-refractivity contribution in [2.45, 2.75) is 31.6 Å². The van der Waals surface area contributed by atoms with Crippen molar-refractivity contribution in [1.29, 1.82) is 0 Å². The van der Waals surface area contributed by atoms with Crippen molar-refractivity contribution in [1.82, 2.24) is 0 Å². The number of carbonyl (C=O) groups is 1. The van der Waals surface area contributed by atoms with Gasteiger partial charge in [0.25, 0.3) is 0 Å². The van der Waals surface area contributed by atoms with Crippen molar-refractivity contribution in [3.05, 3.63) is 28.8 Å². The third kappa shape index (κ3) is 3.58. The van der Waals surface area contributed by atoms with Crippen LogP contribution in [0.5, 0.6) is 0 Å². The summed E-state index contributed by atoms with van der Waals surface area (Å²) in [6.07, 6.45) is 5.84. The summed E-state index contributed by atoms with van der Waals surface area (Å²) in [5.74, 6) is 1.19. The number of aromatic carboxylic acids is 1. The minimum Gasteiger partial charge on any atom is -0.478 e. The molecule has 0 aliphatic rings. The van der Waals surface area contributed by atoms with Gasteiger partial charge >= 0.3 is 5.97 Å². The van der Waals surface area contributed by atoms with E-state index in [2.05, 4.69) is 5.92 Å². The Balaban J connectivity index is 3.24. The fourth-order valence-electron chi connectivity index (χ4n) is 1.87. The van der Waals surface area contributed by atoms with Crippen LogP contribution in [-0.4, -0.2) is 25.2 Å². The number of aryl methyl sites for hydroxylation is 2. The molecule has 0 spiro atoms. The Bertz CT molecular complexity index is 636. The first-order valence-corrected chi connectivity index (χ1v) is 7.45. The molecule has 0 radical (unpaired) electrons. The molecule has 0 saturated heterocycles. The number of sulfone groups is 1. The van der Waals surface area contributed by atoms with E-state index in [1.54, 1.807) is 19.9 Å². The Kier molecular flexibility index (Phi) is 4.73. The van der Waals surface area contributed by atoms with Gasteiger partial charge < -0.3 is 5.11 Å². The van der Waals surface area contributed by atoms with Gasteiger partial charge in [-0.25, -0.2) is 13.2 Å². The molecular weight excluding hydrogens is 264 g/mol. The minimum atomic E-state index is -3.49. The molecule has 0 fully saturated rings. The Morgan fingerprint density at radius 2 is 1.95 bits per heavy atom. The molecule has 0 aliphatic carbocycles. The van der Waals surface area contributed by atoms with Crippen molar-refractivity contribution in [2.75, 3.05) is 5.75 Å². The number of hydrogen-bond acceptors (Lipinski definition) is 3.